The molecular formula is C25H24N4O4. The number of aliphatic hydroxyl groups is 2. The van der Waals surface area contributed by atoms with Crippen LogP contribution < -0.4 is 5.32 Å². The molecule has 33 heavy (non-hydrogen) atoms. The summed E-state index contributed by atoms with van der Waals surface area (Å²) in [6, 6.07) is 19.8. The van der Waals surface area contributed by atoms with E-state index < -0.39 is 18.3 Å². The van der Waals surface area contributed by atoms with Gasteiger partial charge >= 0.3 is 6.09 Å². The Morgan fingerprint density at radius 3 is 2.45 bits per heavy atom. The zero-order valence-electron chi connectivity index (χ0n) is 17.8. The number of aromatic nitrogens is 3. The van der Waals surface area contributed by atoms with Crippen molar-refractivity contribution in [3.05, 3.63) is 89.9 Å². The molecule has 4 aromatic rings. The van der Waals surface area contributed by atoms with E-state index in [1.165, 1.54) is 21.8 Å². The lowest BCUT2D eigenvalue weighted by Crippen LogP contribution is -2.31. The lowest BCUT2D eigenvalue weighted by Gasteiger charge is -2.18. The molecule has 0 spiro atoms. The molecule has 0 radical (unpaired) electrons. The maximum atomic E-state index is 12.3. The molecule has 5 rings (SSSR count). The van der Waals surface area contributed by atoms with Crippen molar-refractivity contribution >= 4 is 11.7 Å². The van der Waals surface area contributed by atoms with Gasteiger partial charge in [0.25, 0.3) is 0 Å². The third kappa shape index (κ3) is 4.06. The smallest absolute Gasteiger partial charge is 0.407 e. The molecular weight excluding hydrogens is 420 g/mol. The molecule has 1 aliphatic carbocycles. The Morgan fingerprint density at radius 1 is 1.03 bits per heavy atom. The highest BCUT2D eigenvalue weighted by molar-refractivity contribution is 5.79. The van der Waals surface area contributed by atoms with Gasteiger partial charge in [0.15, 0.2) is 5.65 Å². The number of alkyl carbamates (subject to hydrolysis) is 1. The number of amides is 1. The number of ether oxygens (including phenoxy) is 1. The molecule has 3 N–H and O–H groups in total. The van der Waals surface area contributed by atoms with Gasteiger partial charge in [-0.15, -0.1) is 0 Å². The molecule has 0 aliphatic heterocycles. The largest absolute Gasteiger partial charge is 0.449 e. The van der Waals surface area contributed by atoms with E-state index >= 15 is 0 Å². The normalized spacial score (nSPS) is 14.5. The Bertz CT molecular complexity index is 1240. The number of hydrogen-bond acceptors (Lipinski definition) is 6. The Hall–Kier alpha value is -3.75. The van der Waals surface area contributed by atoms with Gasteiger partial charge < -0.3 is 20.3 Å². The second-order valence-electron chi connectivity index (χ2n) is 8.03. The second kappa shape index (κ2) is 9.01. The summed E-state index contributed by atoms with van der Waals surface area (Å²) in [5, 5.41) is 27.6. The number of nitrogens with one attached hydrogen (secondary N) is 1. The Morgan fingerprint density at radius 2 is 1.73 bits per heavy atom. The van der Waals surface area contributed by atoms with Gasteiger partial charge in [0, 0.05) is 18.7 Å². The third-order valence-electron chi connectivity index (χ3n) is 6.02. The summed E-state index contributed by atoms with van der Waals surface area (Å²) in [5.74, 6) is -0.0155. The highest BCUT2D eigenvalue weighted by Crippen LogP contribution is 2.44. The van der Waals surface area contributed by atoms with Crippen LogP contribution in [0.4, 0.5) is 4.79 Å². The summed E-state index contributed by atoms with van der Waals surface area (Å²) in [5.41, 5.74) is 5.59. The van der Waals surface area contributed by atoms with Gasteiger partial charge in [-0.05, 0) is 40.8 Å². The Kier molecular flexibility index (Phi) is 5.77. The predicted molar refractivity (Wildman–Crippen MR) is 122 cm³/mol. The topological polar surface area (TPSA) is 109 Å². The second-order valence-corrected chi connectivity index (χ2v) is 8.03. The van der Waals surface area contributed by atoms with Crippen molar-refractivity contribution in [3.8, 4) is 11.1 Å². The summed E-state index contributed by atoms with van der Waals surface area (Å²) >= 11 is 0. The van der Waals surface area contributed by atoms with Crippen LogP contribution in [0.15, 0.2) is 73.1 Å². The van der Waals surface area contributed by atoms with Crippen LogP contribution in [0.3, 0.4) is 0 Å². The van der Waals surface area contributed by atoms with Gasteiger partial charge in [0.05, 0.1) is 18.0 Å². The van der Waals surface area contributed by atoms with E-state index in [4.69, 9.17) is 4.74 Å². The van der Waals surface area contributed by atoms with Crippen LogP contribution in [-0.4, -0.2) is 50.2 Å². The molecule has 0 saturated carbocycles. The third-order valence-corrected chi connectivity index (χ3v) is 6.02. The maximum absolute atomic E-state index is 12.3. The minimum absolute atomic E-state index is 0.0155. The summed E-state index contributed by atoms with van der Waals surface area (Å²) in [6.45, 7) is 0.373. The number of carbonyl (C=O) groups excluding carboxylic acids is 1. The molecule has 8 heteroatoms. The number of nitrogens with zero attached hydrogens (tertiary/aromatic N) is 3. The summed E-state index contributed by atoms with van der Waals surface area (Å²) in [7, 11) is 0. The van der Waals surface area contributed by atoms with Crippen LogP contribution in [0.25, 0.3) is 16.8 Å². The standard InChI is InChI=1S/C25H24N4O4/c30-22(24(31)21-14-27-23-10-5-12-28-29(21)23)11-13-26-25(32)33-15-20-18-8-3-1-6-16(18)17-7-2-4-9-19(17)20/h1-10,12,14,20,22,24,30-31H,11,13,15H2,(H,26,32). The molecule has 2 aromatic carbocycles. The van der Waals surface area contributed by atoms with E-state index in [9.17, 15) is 15.0 Å². The van der Waals surface area contributed by atoms with Gasteiger partial charge in [-0.1, -0.05) is 48.5 Å². The first-order chi connectivity index (χ1) is 16.1. The minimum atomic E-state index is -1.18. The summed E-state index contributed by atoms with van der Waals surface area (Å²) < 4.78 is 6.97. The first kappa shape index (κ1) is 21.1. The van der Waals surface area contributed by atoms with Crippen LogP contribution in [0.2, 0.25) is 0 Å². The monoisotopic (exact) mass is 444 g/mol. The van der Waals surface area contributed by atoms with E-state index in [1.54, 1.807) is 18.3 Å². The van der Waals surface area contributed by atoms with E-state index in [0.29, 0.717) is 11.3 Å². The molecule has 0 bridgehead atoms. The van der Waals surface area contributed by atoms with Crippen molar-refractivity contribution in [1.82, 2.24) is 19.9 Å². The number of imidazole rings is 1. The summed E-state index contributed by atoms with van der Waals surface area (Å²) in [6.07, 6.45) is 0.367. The SMILES string of the molecule is O=C(NCCC(O)C(O)c1cnc2cccnn12)OCC1c2ccccc2-c2ccccc21. The van der Waals surface area contributed by atoms with Crippen LogP contribution in [0.5, 0.6) is 0 Å². The first-order valence-corrected chi connectivity index (χ1v) is 10.9. The van der Waals surface area contributed by atoms with Crippen molar-refractivity contribution < 1.29 is 19.7 Å². The van der Waals surface area contributed by atoms with Crippen LogP contribution >= 0.6 is 0 Å². The van der Waals surface area contributed by atoms with Gasteiger partial charge in [-0.2, -0.15) is 5.10 Å². The molecule has 2 aromatic heterocycles. The van der Waals surface area contributed by atoms with Crippen molar-refractivity contribution in [2.45, 2.75) is 24.5 Å². The molecule has 0 saturated heterocycles. The molecule has 8 nitrogen and oxygen atoms in total. The molecule has 1 aliphatic rings. The molecule has 2 heterocycles. The highest BCUT2D eigenvalue weighted by Gasteiger charge is 2.29. The molecule has 2 unspecified atom stereocenters. The number of benzene rings is 2. The number of carbonyl (C=O) groups is 1. The van der Waals surface area contributed by atoms with Gasteiger partial charge in [-0.3, -0.25) is 0 Å². The number of fused-ring (bicyclic) bond motifs is 4. The number of aliphatic hydroxyl groups excluding tert-OH is 2. The van der Waals surface area contributed by atoms with Crippen molar-refractivity contribution in [2.75, 3.05) is 13.2 Å². The van der Waals surface area contributed by atoms with E-state index in [1.807, 2.05) is 24.3 Å². The molecule has 1 amide bonds. The van der Waals surface area contributed by atoms with E-state index in [0.717, 1.165) is 11.1 Å². The zero-order chi connectivity index (χ0) is 22.8. The molecule has 0 fully saturated rings. The fourth-order valence-electron chi connectivity index (χ4n) is 4.38. The fraction of sp³-hybridized carbons (Fsp3) is 0.240. The zero-order valence-corrected chi connectivity index (χ0v) is 17.8. The average Bonchev–Trinajstić information content (AvgIpc) is 3.42. The lowest BCUT2D eigenvalue weighted by atomic mass is 9.98. The summed E-state index contributed by atoms with van der Waals surface area (Å²) in [4.78, 5) is 16.4. The Labute approximate surface area is 190 Å². The maximum Gasteiger partial charge on any atom is 0.407 e. The lowest BCUT2D eigenvalue weighted by molar-refractivity contribution is 0.0101. The quantitative estimate of drug-likeness (QED) is 0.404. The number of hydrogen-bond donors (Lipinski definition) is 3. The highest BCUT2D eigenvalue weighted by atomic mass is 16.5. The van der Waals surface area contributed by atoms with Crippen molar-refractivity contribution in [2.24, 2.45) is 0 Å². The first-order valence-electron chi connectivity index (χ1n) is 10.9. The molecule has 168 valence electrons. The predicted octanol–water partition coefficient (Wildman–Crippen LogP) is 3.05. The van der Waals surface area contributed by atoms with Crippen molar-refractivity contribution in [1.29, 1.82) is 0 Å². The fourth-order valence-corrected chi connectivity index (χ4v) is 4.38. The van der Waals surface area contributed by atoms with Gasteiger partial charge in [-0.25, -0.2) is 14.3 Å². The van der Waals surface area contributed by atoms with Gasteiger partial charge in [0.1, 0.15) is 12.7 Å². The van der Waals surface area contributed by atoms with Crippen molar-refractivity contribution in [3.63, 3.8) is 0 Å². The minimum Gasteiger partial charge on any atom is -0.449 e. The van der Waals surface area contributed by atoms with Crippen LogP contribution in [0, 0.1) is 0 Å². The van der Waals surface area contributed by atoms with E-state index in [-0.39, 0.29) is 25.5 Å². The average molecular weight is 444 g/mol. The van der Waals surface area contributed by atoms with Gasteiger partial charge in [0.2, 0.25) is 0 Å². The van der Waals surface area contributed by atoms with E-state index in [2.05, 4.69) is 39.7 Å². The van der Waals surface area contributed by atoms with Crippen LogP contribution in [-0.2, 0) is 4.74 Å². The number of rotatable bonds is 7. The Balaban J connectivity index is 1.14. The molecule has 2 atom stereocenters. The van der Waals surface area contributed by atoms with Crippen LogP contribution in [0.1, 0.15) is 35.3 Å².